The van der Waals surface area contributed by atoms with Gasteiger partial charge in [-0.25, -0.2) is 8.42 Å². The second-order valence-electron chi connectivity index (χ2n) is 3.98. The minimum atomic E-state index is -2.87. The first-order valence-electron chi connectivity index (χ1n) is 4.65. The molecule has 2 aliphatic heterocycles. The van der Waals surface area contributed by atoms with Crippen molar-refractivity contribution in [1.82, 2.24) is 5.32 Å². The summed E-state index contributed by atoms with van der Waals surface area (Å²) in [6.07, 6.45) is 1.73. The third kappa shape index (κ3) is 1.87. The standard InChI is InChI=1S/C8H15NO3S/c1-7-2-4-9-8(12-7)3-5-13(10,11)6-8/h7,9H,2-6H2,1H3. The Labute approximate surface area is 78.6 Å². The average molecular weight is 205 g/mol. The van der Waals surface area contributed by atoms with Crippen LogP contribution in [0.15, 0.2) is 0 Å². The van der Waals surface area contributed by atoms with Gasteiger partial charge in [0.2, 0.25) is 0 Å². The van der Waals surface area contributed by atoms with E-state index in [4.69, 9.17) is 4.74 Å². The molecule has 2 unspecified atom stereocenters. The van der Waals surface area contributed by atoms with Crippen molar-refractivity contribution in [1.29, 1.82) is 0 Å². The van der Waals surface area contributed by atoms with Gasteiger partial charge in [-0.2, -0.15) is 0 Å². The summed E-state index contributed by atoms with van der Waals surface area (Å²) in [7, 11) is -2.87. The lowest BCUT2D eigenvalue weighted by molar-refractivity contribution is -0.119. The van der Waals surface area contributed by atoms with Crippen LogP contribution < -0.4 is 5.32 Å². The molecule has 0 aromatic rings. The Morgan fingerprint density at radius 2 is 2.31 bits per heavy atom. The number of ether oxygens (including phenoxy) is 1. The van der Waals surface area contributed by atoms with Crippen LogP contribution in [0.5, 0.6) is 0 Å². The Kier molecular flexibility index (Phi) is 2.13. The summed E-state index contributed by atoms with van der Waals surface area (Å²) in [4.78, 5) is 0. The van der Waals surface area contributed by atoms with E-state index >= 15 is 0 Å². The molecule has 0 aliphatic carbocycles. The molecule has 2 saturated heterocycles. The van der Waals surface area contributed by atoms with Crippen LogP contribution in [0.25, 0.3) is 0 Å². The molecule has 0 bridgehead atoms. The maximum Gasteiger partial charge on any atom is 0.154 e. The Morgan fingerprint density at radius 1 is 1.54 bits per heavy atom. The number of hydrogen-bond donors (Lipinski definition) is 1. The molecule has 5 heteroatoms. The monoisotopic (exact) mass is 205 g/mol. The minimum Gasteiger partial charge on any atom is -0.357 e. The van der Waals surface area contributed by atoms with Gasteiger partial charge in [0.1, 0.15) is 5.72 Å². The van der Waals surface area contributed by atoms with Crippen LogP contribution in [0.1, 0.15) is 19.8 Å². The zero-order valence-electron chi connectivity index (χ0n) is 7.75. The molecule has 76 valence electrons. The second-order valence-corrected chi connectivity index (χ2v) is 6.16. The van der Waals surface area contributed by atoms with E-state index in [0.717, 1.165) is 13.0 Å². The Bertz CT molecular complexity index is 301. The minimum absolute atomic E-state index is 0.143. The van der Waals surface area contributed by atoms with Crippen molar-refractivity contribution in [3.05, 3.63) is 0 Å². The van der Waals surface area contributed by atoms with Gasteiger partial charge in [-0.05, 0) is 13.3 Å². The van der Waals surface area contributed by atoms with Gasteiger partial charge in [0.25, 0.3) is 0 Å². The third-order valence-electron chi connectivity index (χ3n) is 2.69. The topological polar surface area (TPSA) is 55.4 Å². The quantitative estimate of drug-likeness (QED) is 0.600. The number of nitrogens with one attached hydrogen (secondary N) is 1. The van der Waals surface area contributed by atoms with Crippen molar-refractivity contribution in [2.45, 2.75) is 31.6 Å². The molecule has 13 heavy (non-hydrogen) atoms. The Balaban J connectivity index is 2.14. The normalized spacial score (nSPS) is 43.9. The summed E-state index contributed by atoms with van der Waals surface area (Å²) in [6.45, 7) is 2.85. The zero-order valence-corrected chi connectivity index (χ0v) is 8.56. The van der Waals surface area contributed by atoms with Gasteiger partial charge in [-0.1, -0.05) is 0 Å². The van der Waals surface area contributed by atoms with Crippen LogP contribution >= 0.6 is 0 Å². The van der Waals surface area contributed by atoms with Crippen LogP contribution in [0.2, 0.25) is 0 Å². The molecule has 1 N–H and O–H groups in total. The molecule has 2 fully saturated rings. The highest BCUT2D eigenvalue weighted by atomic mass is 32.2. The molecule has 0 amide bonds. The molecule has 2 aliphatic rings. The van der Waals surface area contributed by atoms with Gasteiger partial charge < -0.3 is 4.74 Å². The third-order valence-corrected chi connectivity index (χ3v) is 4.43. The first-order valence-corrected chi connectivity index (χ1v) is 6.47. The average Bonchev–Trinajstić information content (AvgIpc) is 2.26. The van der Waals surface area contributed by atoms with Crippen LogP contribution in [0.3, 0.4) is 0 Å². The van der Waals surface area contributed by atoms with Gasteiger partial charge in [0, 0.05) is 13.0 Å². The highest BCUT2D eigenvalue weighted by molar-refractivity contribution is 7.91. The van der Waals surface area contributed by atoms with Crippen LogP contribution in [-0.2, 0) is 14.6 Å². The first-order chi connectivity index (χ1) is 6.02. The maximum absolute atomic E-state index is 11.3. The van der Waals surface area contributed by atoms with Crippen LogP contribution in [0, 0.1) is 0 Å². The molecular weight excluding hydrogens is 190 g/mol. The van der Waals surface area contributed by atoms with E-state index in [0.29, 0.717) is 6.42 Å². The van der Waals surface area contributed by atoms with Crippen molar-refractivity contribution in [2.24, 2.45) is 0 Å². The van der Waals surface area contributed by atoms with Crippen molar-refractivity contribution < 1.29 is 13.2 Å². The lowest BCUT2D eigenvalue weighted by Crippen LogP contribution is -2.55. The van der Waals surface area contributed by atoms with E-state index in [-0.39, 0.29) is 17.6 Å². The summed E-state index contributed by atoms with van der Waals surface area (Å²) >= 11 is 0. The maximum atomic E-state index is 11.3. The van der Waals surface area contributed by atoms with Gasteiger partial charge in [0.15, 0.2) is 9.84 Å². The lowest BCUT2D eigenvalue weighted by atomic mass is 10.1. The van der Waals surface area contributed by atoms with Crippen LogP contribution in [-0.4, -0.2) is 38.3 Å². The molecule has 2 atom stereocenters. The summed E-state index contributed by atoms with van der Waals surface area (Å²) in [5, 5.41) is 3.18. The van der Waals surface area contributed by atoms with Gasteiger partial charge >= 0.3 is 0 Å². The fraction of sp³-hybridized carbons (Fsp3) is 1.00. The Morgan fingerprint density at radius 3 is 2.85 bits per heavy atom. The first kappa shape index (κ1) is 9.43. The van der Waals surface area contributed by atoms with Crippen molar-refractivity contribution in [2.75, 3.05) is 18.1 Å². The molecule has 0 aromatic carbocycles. The smallest absolute Gasteiger partial charge is 0.154 e. The van der Waals surface area contributed by atoms with Gasteiger partial charge in [-0.15, -0.1) is 0 Å². The SMILES string of the molecule is CC1CCNC2(CCS(=O)(=O)C2)O1. The number of hydrogen-bond acceptors (Lipinski definition) is 4. The second kappa shape index (κ2) is 2.93. The van der Waals surface area contributed by atoms with Gasteiger partial charge in [0.05, 0.1) is 17.6 Å². The van der Waals surface area contributed by atoms with Crippen molar-refractivity contribution in [3.63, 3.8) is 0 Å². The highest BCUT2D eigenvalue weighted by Crippen LogP contribution is 2.29. The zero-order chi connectivity index (χ0) is 9.53. The predicted molar refractivity (Wildman–Crippen MR) is 49.2 cm³/mol. The van der Waals surface area contributed by atoms with E-state index < -0.39 is 15.6 Å². The molecule has 0 aromatic heterocycles. The molecule has 4 nitrogen and oxygen atoms in total. The van der Waals surface area contributed by atoms with Crippen molar-refractivity contribution >= 4 is 9.84 Å². The van der Waals surface area contributed by atoms with E-state index in [1.54, 1.807) is 0 Å². The molecular formula is C8H15NO3S. The fourth-order valence-corrected chi connectivity index (χ4v) is 3.85. The number of rotatable bonds is 0. The predicted octanol–water partition coefficient (Wildman–Crippen LogP) is -0.100. The Hall–Kier alpha value is -0.130. The van der Waals surface area contributed by atoms with E-state index in [2.05, 4.69) is 5.32 Å². The van der Waals surface area contributed by atoms with Gasteiger partial charge in [-0.3, -0.25) is 5.32 Å². The largest absolute Gasteiger partial charge is 0.357 e. The molecule has 1 spiro atoms. The summed E-state index contributed by atoms with van der Waals surface area (Å²) < 4.78 is 28.3. The summed E-state index contributed by atoms with van der Waals surface area (Å²) in [5.74, 6) is 0.400. The van der Waals surface area contributed by atoms with E-state index in [1.165, 1.54) is 0 Å². The van der Waals surface area contributed by atoms with Crippen LogP contribution in [0.4, 0.5) is 0 Å². The highest BCUT2D eigenvalue weighted by Gasteiger charge is 2.45. The molecule has 0 saturated carbocycles. The summed E-state index contributed by atoms with van der Waals surface area (Å²) in [5.41, 5.74) is -0.559. The van der Waals surface area contributed by atoms with E-state index in [1.807, 2.05) is 6.92 Å². The van der Waals surface area contributed by atoms with E-state index in [9.17, 15) is 8.42 Å². The fourth-order valence-electron chi connectivity index (χ4n) is 2.04. The molecule has 2 rings (SSSR count). The van der Waals surface area contributed by atoms with Crippen molar-refractivity contribution in [3.8, 4) is 0 Å². The lowest BCUT2D eigenvalue weighted by Gasteiger charge is -2.37. The number of sulfone groups is 1. The molecule has 2 heterocycles. The molecule has 0 radical (unpaired) electrons. The summed E-state index contributed by atoms with van der Waals surface area (Å²) in [6, 6.07) is 0.